The summed E-state index contributed by atoms with van der Waals surface area (Å²) in [6.07, 6.45) is 3.08. The van der Waals surface area contributed by atoms with Crippen molar-refractivity contribution in [3.8, 4) is 0 Å². The molecule has 0 aliphatic rings. The van der Waals surface area contributed by atoms with Crippen molar-refractivity contribution in [3.63, 3.8) is 0 Å². The van der Waals surface area contributed by atoms with Crippen molar-refractivity contribution in [1.82, 2.24) is 0 Å². The zero-order valence-corrected chi connectivity index (χ0v) is 13.1. The first-order valence-corrected chi connectivity index (χ1v) is 7.34. The molecule has 1 atom stereocenters. The SMILES string of the molecule is CC(C)Cc1ccc(C(C)C(=O)O)cc1.CCCCO. The molecule has 0 fully saturated rings. The van der Waals surface area contributed by atoms with Crippen LogP contribution >= 0.6 is 0 Å². The maximum Gasteiger partial charge on any atom is 0.310 e. The maximum absolute atomic E-state index is 10.8. The van der Waals surface area contributed by atoms with Crippen molar-refractivity contribution in [2.24, 2.45) is 5.92 Å². The first-order valence-electron chi connectivity index (χ1n) is 7.34. The molecule has 0 spiro atoms. The molecule has 3 heteroatoms. The number of unbranched alkanes of at least 4 members (excludes halogenated alkanes) is 1. The number of carbonyl (C=O) groups is 1. The second kappa shape index (κ2) is 10.4. The molecule has 0 aliphatic heterocycles. The highest BCUT2D eigenvalue weighted by Crippen LogP contribution is 2.17. The summed E-state index contributed by atoms with van der Waals surface area (Å²) in [5, 5.41) is 16.9. The predicted molar refractivity (Wildman–Crippen MR) is 83.0 cm³/mol. The van der Waals surface area contributed by atoms with E-state index in [2.05, 4.69) is 20.8 Å². The Bertz CT molecular complexity index is 366. The Balaban J connectivity index is 0.000000621. The number of carboxylic acid groups (broad SMARTS) is 1. The number of aliphatic hydroxyl groups excluding tert-OH is 1. The van der Waals surface area contributed by atoms with Crippen LogP contribution in [0.5, 0.6) is 0 Å². The Hall–Kier alpha value is -1.35. The van der Waals surface area contributed by atoms with E-state index in [1.807, 2.05) is 24.3 Å². The van der Waals surface area contributed by atoms with Gasteiger partial charge in [0.15, 0.2) is 0 Å². The summed E-state index contributed by atoms with van der Waals surface area (Å²) in [6.45, 7) is 8.45. The molecule has 1 rings (SSSR count). The van der Waals surface area contributed by atoms with Crippen LogP contribution in [0.2, 0.25) is 0 Å². The minimum absolute atomic E-state index is 0.344. The van der Waals surface area contributed by atoms with Crippen molar-refractivity contribution in [2.45, 2.75) is 52.9 Å². The van der Waals surface area contributed by atoms with Crippen molar-refractivity contribution in [2.75, 3.05) is 6.61 Å². The van der Waals surface area contributed by atoms with Gasteiger partial charge in [-0.1, -0.05) is 51.5 Å². The average molecular weight is 280 g/mol. The normalized spacial score (nSPS) is 11.7. The van der Waals surface area contributed by atoms with Crippen molar-refractivity contribution in [1.29, 1.82) is 0 Å². The third-order valence-corrected chi connectivity index (χ3v) is 3.01. The first kappa shape index (κ1) is 18.7. The summed E-state index contributed by atoms with van der Waals surface area (Å²) >= 11 is 0. The Morgan fingerprint density at radius 3 is 2.00 bits per heavy atom. The number of aliphatic hydroxyl groups is 1. The summed E-state index contributed by atoms with van der Waals surface area (Å²) in [6, 6.07) is 7.87. The Labute approximate surface area is 122 Å². The summed E-state index contributed by atoms with van der Waals surface area (Å²) in [5.74, 6) is -0.558. The lowest BCUT2D eigenvalue weighted by atomic mass is 9.97. The van der Waals surface area contributed by atoms with Gasteiger partial charge in [-0.25, -0.2) is 0 Å². The molecule has 0 heterocycles. The lowest BCUT2D eigenvalue weighted by molar-refractivity contribution is -0.138. The third kappa shape index (κ3) is 7.95. The van der Waals surface area contributed by atoms with E-state index in [9.17, 15) is 4.79 Å². The molecule has 1 unspecified atom stereocenters. The van der Waals surface area contributed by atoms with Crippen LogP contribution in [-0.2, 0) is 11.2 Å². The van der Waals surface area contributed by atoms with Crippen molar-refractivity contribution >= 4 is 5.97 Å². The van der Waals surface area contributed by atoms with Crippen LogP contribution in [0, 0.1) is 5.92 Å². The second-order valence-corrected chi connectivity index (χ2v) is 5.48. The van der Waals surface area contributed by atoms with Crippen LogP contribution in [0.25, 0.3) is 0 Å². The molecule has 114 valence electrons. The number of hydrogen-bond acceptors (Lipinski definition) is 2. The number of rotatable bonds is 6. The minimum Gasteiger partial charge on any atom is -0.481 e. The molecule has 0 saturated carbocycles. The molecule has 0 aromatic heterocycles. The first-order chi connectivity index (χ1) is 9.42. The van der Waals surface area contributed by atoms with Gasteiger partial charge in [-0.15, -0.1) is 0 Å². The van der Waals surface area contributed by atoms with E-state index in [1.54, 1.807) is 6.92 Å². The van der Waals surface area contributed by atoms with E-state index in [1.165, 1.54) is 5.56 Å². The monoisotopic (exact) mass is 280 g/mol. The molecule has 2 N–H and O–H groups in total. The van der Waals surface area contributed by atoms with E-state index in [4.69, 9.17) is 10.2 Å². The second-order valence-electron chi connectivity index (χ2n) is 5.48. The highest BCUT2D eigenvalue weighted by atomic mass is 16.4. The molecule has 0 radical (unpaired) electrons. The van der Waals surface area contributed by atoms with Crippen molar-refractivity contribution in [3.05, 3.63) is 35.4 Å². The van der Waals surface area contributed by atoms with Gasteiger partial charge in [0.05, 0.1) is 5.92 Å². The fourth-order valence-corrected chi connectivity index (χ4v) is 1.71. The standard InChI is InChI=1S/C13H18O2.C4H10O/c1-9(2)8-11-4-6-12(7-5-11)10(3)13(14)15;1-2-3-4-5/h4-7,9-10H,8H2,1-3H3,(H,14,15);5H,2-4H2,1H3. The molecular weight excluding hydrogens is 252 g/mol. The van der Waals surface area contributed by atoms with Crippen LogP contribution in [0.3, 0.4) is 0 Å². The van der Waals surface area contributed by atoms with Gasteiger partial charge in [0.25, 0.3) is 0 Å². The highest BCUT2D eigenvalue weighted by Gasteiger charge is 2.12. The summed E-state index contributed by atoms with van der Waals surface area (Å²) in [4.78, 5) is 10.8. The summed E-state index contributed by atoms with van der Waals surface area (Å²) in [5.41, 5.74) is 2.14. The van der Waals surface area contributed by atoms with E-state index in [-0.39, 0.29) is 0 Å². The summed E-state index contributed by atoms with van der Waals surface area (Å²) in [7, 11) is 0. The van der Waals surface area contributed by atoms with E-state index in [0.29, 0.717) is 12.5 Å². The highest BCUT2D eigenvalue weighted by molar-refractivity contribution is 5.75. The number of carboxylic acids is 1. The molecule has 0 bridgehead atoms. The lowest BCUT2D eigenvalue weighted by Gasteiger charge is -2.09. The van der Waals surface area contributed by atoms with Gasteiger partial charge >= 0.3 is 5.97 Å². The van der Waals surface area contributed by atoms with Crippen LogP contribution < -0.4 is 0 Å². The van der Waals surface area contributed by atoms with E-state index < -0.39 is 11.9 Å². The molecule has 0 amide bonds. The van der Waals surface area contributed by atoms with Gasteiger partial charge in [-0.2, -0.15) is 0 Å². The molecule has 0 saturated heterocycles. The number of hydrogen-bond donors (Lipinski definition) is 2. The largest absolute Gasteiger partial charge is 0.481 e. The molecule has 3 nitrogen and oxygen atoms in total. The smallest absolute Gasteiger partial charge is 0.310 e. The number of benzene rings is 1. The molecule has 1 aromatic carbocycles. The topological polar surface area (TPSA) is 57.5 Å². The fourth-order valence-electron chi connectivity index (χ4n) is 1.71. The molecule has 0 aliphatic carbocycles. The van der Waals surface area contributed by atoms with Gasteiger partial charge in [0.2, 0.25) is 0 Å². The lowest BCUT2D eigenvalue weighted by Crippen LogP contribution is -2.07. The summed E-state index contributed by atoms with van der Waals surface area (Å²) < 4.78 is 0. The van der Waals surface area contributed by atoms with Crippen LogP contribution in [-0.4, -0.2) is 22.8 Å². The van der Waals surface area contributed by atoms with E-state index >= 15 is 0 Å². The Morgan fingerprint density at radius 2 is 1.70 bits per heavy atom. The van der Waals surface area contributed by atoms with Crippen LogP contribution in [0.1, 0.15) is 57.6 Å². The Morgan fingerprint density at radius 1 is 1.15 bits per heavy atom. The van der Waals surface area contributed by atoms with Gasteiger partial charge in [0, 0.05) is 6.61 Å². The van der Waals surface area contributed by atoms with E-state index in [0.717, 1.165) is 24.8 Å². The zero-order chi connectivity index (χ0) is 15.5. The average Bonchev–Trinajstić information content (AvgIpc) is 2.39. The van der Waals surface area contributed by atoms with Crippen molar-refractivity contribution < 1.29 is 15.0 Å². The van der Waals surface area contributed by atoms with Gasteiger partial charge in [-0.3, -0.25) is 4.79 Å². The maximum atomic E-state index is 10.8. The predicted octanol–water partition coefficient (Wildman–Crippen LogP) is 3.85. The minimum atomic E-state index is -0.772. The third-order valence-electron chi connectivity index (χ3n) is 3.01. The fraction of sp³-hybridized carbons (Fsp3) is 0.588. The van der Waals surface area contributed by atoms with Crippen LogP contribution in [0.4, 0.5) is 0 Å². The van der Waals surface area contributed by atoms with Gasteiger partial charge < -0.3 is 10.2 Å². The quantitative estimate of drug-likeness (QED) is 0.832. The van der Waals surface area contributed by atoms with Gasteiger partial charge in [0.1, 0.15) is 0 Å². The molecule has 1 aromatic rings. The molecular formula is C17H28O3. The number of aliphatic carboxylic acids is 1. The zero-order valence-electron chi connectivity index (χ0n) is 13.1. The molecule has 20 heavy (non-hydrogen) atoms. The van der Waals surface area contributed by atoms with Gasteiger partial charge in [-0.05, 0) is 36.8 Å². The van der Waals surface area contributed by atoms with Crippen LogP contribution in [0.15, 0.2) is 24.3 Å². The Kier molecular flexibility index (Phi) is 9.73.